The predicted molar refractivity (Wildman–Crippen MR) is 72.3 cm³/mol. The molecule has 1 aromatic rings. The summed E-state index contributed by atoms with van der Waals surface area (Å²) < 4.78 is 0. The van der Waals surface area contributed by atoms with Crippen LogP contribution in [0.15, 0.2) is 30.3 Å². The van der Waals surface area contributed by atoms with Crippen molar-refractivity contribution in [2.45, 2.75) is 0 Å². The fraction of sp³-hybridized carbons (Fsp3) is 0.500. The van der Waals surface area contributed by atoms with E-state index in [1.807, 2.05) is 35.2 Å². The second-order valence-electron chi connectivity index (χ2n) is 4.75. The van der Waals surface area contributed by atoms with E-state index in [1.54, 1.807) is 0 Å². The van der Waals surface area contributed by atoms with Gasteiger partial charge in [-0.15, -0.1) is 0 Å². The highest BCUT2D eigenvalue weighted by Crippen LogP contribution is 2.27. The van der Waals surface area contributed by atoms with Gasteiger partial charge in [0.15, 0.2) is 0 Å². The maximum Gasteiger partial charge on any atom is 0.253 e. The molecule has 0 radical (unpaired) electrons. The third-order valence-electron chi connectivity index (χ3n) is 3.70. The van der Waals surface area contributed by atoms with E-state index in [-0.39, 0.29) is 5.91 Å². The minimum Gasteiger partial charge on any atom is -0.338 e. The maximum absolute atomic E-state index is 12.2. The zero-order valence-corrected chi connectivity index (χ0v) is 10.8. The topological polar surface area (TPSA) is 58.4 Å². The van der Waals surface area contributed by atoms with Gasteiger partial charge in [0.05, 0.1) is 0 Å². The van der Waals surface area contributed by atoms with Crippen LogP contribution in [0.1, 0.15) is 10.4 Å². The lowest BCUT2D eigenvalue weighted by Crippen LogP contribution is -2.31. The van der Waals surface area contributed by atoms with Crippen LogP contribution in [0.25, 0.3) is 0 Å². The molecular weight excluding hydrogens is 226 g/mol. The van der Waals surface area contributed by atoms with Crippen molar-refractivity contribution in [1.82, 2.24) is 10.2 Å². The summed E-state index contributed by atoms with van der Waals surface area (Å²) in [4.78, 5) is 14.2. The Morgan fingerprint density at radius 3 is 2.28 bits per heavy atom. The Labute approximate surface area is 108 Å². The first-order valence-electron chi connectivity index (χ1n) is 6.47. The van der Waals surface area contributed by atoms with E-state index >= 15 is 0 Å². The summed E-state index contributed by atoms with van der Waals surface area (Å²) in [6.45, 7) is 3.99. The number of likely N-dealkylation sites (tertiary alicyclic amines) is 1. The summed E-state index contributed by atoms with van der Waals surface area (Å²) >= 11 is 0. The second-order valence-corrected chi connectivity index (χ2v) is 4.75. The zero-order valence-electron chi connectivity index (χ0n) is 10.8. The molecule has 0 aromatic heterocycles. The minimum absolute atomic E-state index is 0.190. The van der Waals surface area contributed by atoms with E-state index in [4.69, 9.17) is 0 Å². The number of fused-ring (bicyclic) bond motifs is 1. The molecule has 18 heavy (non-hydrogen) atoms. The molecule has 3 N–H and O–H groups in total. The minimum atomic E-state index is 0.190. The summed E-state index contributed by atoms with van der Waals surface area (Å²) in [5.74, 6) is 1.54. The number of rotatable bonds is 1. The molecule has 4 heteroatoms. The zero-order chi connectivity index (χ0) is 13.0. The van der Waals surface area contributed by atoms with Gasteiger partial charge in [0.2, 0.25) is 0 Å². The third kappa shape index (κ3) is 2.54. The van der Waals surface area contributed by atoms with E-state index in [1.165, 1.54) is 7.05 Å². The SMILES string of the molecule is CN.O=C(c1ccccc1)N1CC2CNCC2C1. The molecule has 2 heterocycles. The van der Waals surface area contributed by atoms with E-state index < -0.39 is 0 Å². The van der Waals surface area contributed by atoms with Gasteiger partial charge < -0.3 is 16.0 Å². The number of nitrogens with zero attached hydrogens (tertiary/aromatic N) is 1. The number of nitrogens with two attached hydrogens (primary N) is 1. The molecule has 0 aliphatic carbocycles. The van der Waals surface area contributed by atoms with Crippen LogP contribution >= 0.6 is 0 Å². The normalized spacial score (nSPS) is 25.3. The lowest BCUT2D eigenvalue weighted by molar-refractivity contribution is 0.0781. The highest BCUT2D eigenvalue weighted by atomic mass is 16.2. The van der Waals surface area contributed by atoms with E-state index in [0.717, 1.165) is 31.7 Å². The van der Waals surface area contributed by atoms with Crippen LogP contribution in [0.5, 0.6) is 0 Å². The van der Waals surface area contributed by atoms with Gasteiger partial charge in [0.25, 0.3) is 5.91 Å². The number of hydrogen-bond donors (Lipinski definition) is 2. The quantitative estimate of drug-likeness (QED) is 0.762. The van der Waals surface area contributed by atoms with Crippen molar-refractivity contribution in [3.63, 3.8) is 0 Å². The van der Waals surface area contributed by atoms with E-state index in [0.29, 0.717) is 11.8 Å². The molecule has 1 amide bonds. The van der Waals surface area contributed by atoms with Crippen molar-refractivity contribution in [3.05, 3.63) is 35.9 Å². The molecule has 0 spiro atoms. The molecule has 0 saturated carbocycles. The molecule has 2 saturated heterocycles. The summed E-state index contributed by atoms with van der Waals surface area (Å²) in [7, 11) is 1.50. The first kappa shape index (κ1) is 13.1. The fourth-order valence-electron chi connectivity index (χ4n) is 2.78. The summed E-state index contributed by atoms with van der Waals surface area (Å²) in [5.41, 5.74) is 5.32. The molecule has 2 aliphatic rings. The molecular formula is C14H21N3O. The third-order valence-corrected chi connectivity index (χ3v) is 3.70. The molecule has 98 valence electrons. The molecule has 2 unspecified atom stereocenters. The van der Waals surface area contributed by atoms with Gasteiger partial charge >= 0.3 is 0 Å². The second kappa shape index (κ2) is 5.98. The Morgan fingerprint density at radius 2 is 1.72 bits per heavy atom. The standard InChI is InChI=1S/C13H16N2O.CH5N/c16-13(10-4-2-1-3-5-10)15-8-11-6-14-7-12(11)9-15;1-2/h1-5,11-12,14H,6-9H2;2H2,1H3. The first-order chi connectivity index (χ1) is 8.84. The molecule has 3 rings (SSSR count). The van der Waals surface area contributed by atoms with Gasteiger partial charge in [0, 0.05) is 31.7 Å². The molecule has 2 atom stereocenters. The number of hydrogen-bond acceptors (Lipinski definition) is 3. The van der Waals surface area contributed by atoms with Crippen molar-refractivity contribution in [3.8, 4) is 0 Å². The van der Waals surface area contributed by atoms with E-state index in [9.17, 15) is 4.79 Å². The Kier molecular flexibility index (Phi) is 4.33. The summed E-state index contributed by atoms with van der Waals surface area (Å²) in [6.07, 6.45) is 0. The van der Waals surface area contributed by atoms with Crippen molar-refractivity contribution >= 4 is 5.91 Å². The van der Waals surface area contributed by atoms with Crippen molar-refractivity contribution in [1.29, 1.82) is 0 Å². The number of amides is 1. The lowest BCUT2D eigenvalue weighted by Gasteiger charge is -2.17. The van der Waals surface area contributed by atoms with Crippen LogP contribution in [-0.2, 0) is 0 Å². The van der Waals surface area contributed by atoms with Crippen LogP contribution in [-0.4, -0.2) is 44.0 Å². The largest absolute Gasteiger partial charge is 0.338 e. The van der Waals surface area contributed by atoms with Crippen molar-refractivity contribution < 1.29 is 4.79 Å². The van der Waals surface area contributed by atoms with Crippen LogP contribution < -0.4 is 11.1 Å². The molecule has 1 aromatic carbocycles. The number of nitrogens with one attached hydrogen (secondary N) is 1. The van der Waals surface area contributed by atoms with Crippen molar-refractivity contribution in [2.24, 2.45) is 17.6 Å². The summed E-state index contributed by atoms with van der Waals surface area (Å²) in [5, 5.41) is 3.39. The number of carbonyl (C=O) groups is 1. The van der Waals surface area contributed by atoms with Gasteiger partial charge in [-0.05, 0) is 31.0 Å². The van der Waals surface area contributed by atoms with Gasteiger partial charge in [-0.3, -0.25) is 4.79 Å². The van der Waals surface area contributed by atoms with Crippen LogP contribution in [0.2, 0.25) is 0 Å². The average Bonchev–Trinajstić information content (AvgIpc) is 3.02. The van der Waals surface area contributed by atoms with Gasteiger partial charge in [-0.1, -0.05) is 18.2 Å². The average molecular weight is 247 g/mol. The summed E-state index contributed by atoms with van der Waals surface area (Å²) in [6, 6.07) is 9.58. The fourth-order valence-corrected chi connectivity index (χ4v) is 2.78. The Hall–Kier alpha value is -1.39. The van der Waals surface area contributed by atoms with Crippen LogP contribution in [0.3, 0.4) is 0 Å². The Bertz CT molecular complexity index is 381. The highest BCUT2D eigenvalue weighted by Gasteiger charge is 2.38. The van der Waals surface area contributed by atoms with Crippen LogP contribution in [0, 0.1) is 11.8 Å². The molecule has 2 fully saturated rings. The van der Waals surface area contributed by atoms with Crippen LogP contribution in [0.4, 0.5) is 0 Å². The molecule has 0 bridgehead atoms. The van der Waals surface area contributed by atoms with E-state index in [2.05, 4.69) is 11.1 Å². The smallest absolute Gasteiger partial charge is 0.253 e. The highest BCUT2D eigenvalue weighted by molar-refractivity contribution is 5.94. The predicted octanol–water partition coefficient (Wildman–Crippen LogP) is 0.553. The van der Waals surface area contributed by atoms with Crippen molar-refractivity contribution in [2.75, 3.05) is 33.2 Å². The Morgan fingerprint density at radius 1 is 1.17 bits per heavy atom. The maximum atomic E-state index is 12.2. The lowest BCUT2D eigenvalue weighted by atomic mass is 10.0. The first-order valence-corrected chi connectivity index (χ1v) is 6.47. The van der Waals surface area contributed by atoms with Gasteiger partial charge in [-0.2, -0.15) is 0 Å². The number of carbonyl (C=O) groups excluding carboxylic acids is 1. The van der Waals surface area contributed by atoms with Gasteiger partial charge in [0.1, 0.15) is 0 Å². The van der Waals surface area contributed by atoms with Gasteiger partial charge in [-0.25, -0.2) is 0 Å². The Balaban J connectivity index is 0.000000574. The molecule has 4 nitrogen and oxygen atoms in total. The molecule has 2 aliphatic heterocycles. The monoisotopic (exact) mass is 247 g/mol. The number of benzene rings is 1.